The van der Waals surface area contributed by atoms with Crippen molar-refractivity contribution in [1.29, 1.82) is 0 Å². The van der Waals surface area contributed by atoms with Crippen LogP contribution in [0.1, 0.15) is 99.1 Å². The third kappa shape index (κ3) is 7.59. The van der Waals surface area contributed by atoms with E-state index < -0.39 is 0 Å². The number of rotatable bonds is 8. The fourth-order valence-electron chi connectivity index (χ4n) is 6.20. The number of pyridine rings is 1. The van der Waals surface area contributed by atoms with Crippen LogP contribution in [0.25, 0.3) is 52.3 Å². The van der Waals surface area contributed by atoms with Gasteiger partial charge in [0.2, 0.25) is 0 Å². The molecule has 0 aliphatic heterocycles. The Morgan fingerprint density at radius 1 is 0.837 bits per heavy atom. The molecule has 1 N–H and O–H groups in total. The van der Waals surface area contributed by atoms with Crippen molar-refractivity contribution < 1.29 is 30.0 Å². The number of aliphatic hydroxyl groups excluding tert-OH is 1. The molecule has 0 fully saturated rings. The maximum absolute atomic E-state index is 12.2. The van der Waals surface area contributed by atoms with Crippen molar-refractivity contribution in [1.82, 2.24) is 4.98 Å². The van der Waals surface area contributed by atoms with Crippen molar-refractivity contribution in [3.63, 3.8) is 0 Å². The molecule has 0 bridgehead atoms. The molecule has 0 atom stereocenters. The minimum absolute atomic E-state index is 0. The van der Waals surface area contributed by atoms with Gasteiger partial charge in [-0.2, -0.15) is 0 Å². The van der Waals surface area contributed by atoms with E-state index in [1.165, 1.54) is 52.8 Å². The van der Waals surface area contributed by atoms with E-state index in [1.54, 1.807) is 0 Å². The van der Waals surface area contributed by atoms with E-state index >= 15 is 0 Å². The SMILES string of the molecule is CCC(C)(CC)C(=O)/C=C(\O)C(C)(CC)CC.Cc1csc2cc3c(cc12)sc1c(-c2[c-]c4ccccc4c(C(C)(C)C)c2)nccc13.[Ir]. The van der Waals surface area contributed by atoms with Crippen molar-refractivity contribution >= 4 is 69.5 Å². The van der Waals surface area contributed by atoms with Gasteiger partial charge in [-0.25, -0.2) is 0 Å². The maximum Gasteiger partial charge on any atom is 0.164 e. The van der Waals surface area contributed by atoms with Crippen LogP contribution in [0.3, 0.4) is 0 Å². The van der Waals surface area contributed by atoms with Gasteiger partial charge in [-0.1, -0.05) is 91.5 Å². The Hall–Kier alpha value is -2.89. The molecular weight excluding hydrogens is 819 g/mol. The normalized spacial score (nSPS) is 12.7. The van der Waals surface area contributed by atoms with Crippen molar-refractivity contribution in [3.05, 3.63) is 89.1 Å². The minimum Gasteiger partial charge on any atom is -0.512 e. The molecule has 0 spiro atoms. The molecule has 49 heavy (non-hydrogen) atoms. The van der Waals surface area contributed by atoms with E-state index in [1.807, 2.05) is 70.4 Å². The number of hydrogen-bond acceptors (Lipinski definition) is 5. The Labute approximate surface area is 314 Å². The summed E-state index contributed by atoms with van der Waals surface area (Å²) in [5, 5.41) is 18.8. The first-order valence-corrected chi connectivity index (χ1v) is 19.0. The zero-order valence-electron chi connectivity index (χ0n) is 30.6. The van der Waals surface area contributed by atoms with Gasteiger partial charge in [0.05, 0.1) is 0 Å². The van der Waals surface area contributed by atoms with Gasteiger partial charge in [0.1, 0.15) is 5.76 Å². The molecule has 0 saturated heterocycles. The summed E-state index contributed by atoms with van der Waals surface area (Å²) in [6.45, 7) is 21.1. The molecule has 0 aliphatic rings. The van der Waals surface area contributed by atoms with E-state index in [2.05, 4.69) is 87.7 Å². The second-order valence-electron chi connectivity index (χ2n) is 14.7. The van der Waals surface area contributed by atoms with Crippen LogP contribution >= 0.6 is 22.7 Å². The summed E-state index contributed by atoms with van der Waals surface area (Å²) < 4.78 is 3.93. The molecule has 3 aromatic heterocycles. The third-order valence-electron chi connectivity index (χ3n) is 10.7. The average Bonchev–Trinajstić information content (AvgIpc) is 3.64. The predicted molar refractivity (Wildman–Crippen MR) is 211 cm³/mol. The molecule has 6 heteroatoms. The molecule has 6 aromatic rings. The molecule has 0 saturated carbocycles. The number of hydrogen-bond donors (Lipinski definition) is 1. The van der Waals surface area contributed by atoms with Gasteiger partial charge in [0, 0.05) is 68.4 Å². The van der Waals surface area contributed by atoms with E-state index in [0.717, 1.165) is 42.3 Å². The molecule has 261 valence electrons. The Balaban J connectivity index is 0.000000260. The summed E-state index contributed by atoms with van der Waals surface area (Å²) >= 11 is 3.68. The number of aromatic nitrogens is 1. The van der Waals surface area contributed by atoms with E-state index in [9.17, 15) is 9.90 Å². The number of aliphatic hydroxyl groups is 1. The van der Waals surface area contributed by atoms with Gasteiger partial charge in [0.25, 0.3) is 0 Å². The van der Waals surface area contributed by atoms with Gasteiger partial charge < -0.3 is 5.11 Å². The molecule has 6 rings (SSSR count). The Bertz CT molecular complexity index is 2140. The molecule has 3 aromatic carbocycles. The fourth-order valence-corrected chi connectivity index (χ4v) is 8.39. The summed E-state index contributed by atoms with van der Waals surface area (Å²) in [6.07, 6.45) is 6.71. The number of allylic oxidation sites excluding steroid dienone is 2. The van der Waals surface area contributed by atoms with Crippen LogP contribution in [-0.4, -0.2) is 15.9 Å². The molecule has 3 nitrogen and oxygen atoms in total. The summed E-state index contributed by atoms with van der Waals surface area (Å²) in [4.78, 5) is 17.0. The van der Waals surface area contributed by atoms with Crippen molar-refractivity contribution in [2.45, 2.75) is 100 Å². The average molecular weight is 869 g/mol. The second-order valence-corrected chi connectivity index (χ2v) is 16.7. The van der Waals surface area contributed by atoms with Gasteiger partial charge in [-0.15, -0.1) is 51.8 Å². The number of carbonyl (C=O) groups is 1. The quantitative estimate of drug-likeness (QED) is 0.0942. The smallest absolute Gasteiger partial charge is 0.164 e. The topological polar surface area (TPSA) is 50.2 Å². The van der Waals surface area contributed by atoms with Crippen LogP contribution in [0.5, 0.6) is 0 Å². The number of benzene rings is 3. The van der Waals surface area contributed by atoms with E-state index in [-0.39, 0.29) is 47.9 Å². The van der Waals surface area contributed by atoms with Crippen molar-refractivity contribution in [2.75, 3.05) is 0 Å². The summed E-state index contributed by atoms with van der Waals surface area (Å²) in [5.41, 5.74) is 4.26. The number of nitrogens with zero attached hydrogens (tertiary/aromatic N) is 1. The van der Waals surface area contributed by atoms with Gasteiger partial charge in [0.15, 0.2) is 5.78 Å². The van der Waals surface area contributed by atoms with Crippen LogP contribution in [0.4, 0.5) is 0 Å². The van der Waals surface area contributed by atoms with Crippen LogP contribution < -0.4 is 0 Å². The zero-order chi connectivity index (χ0) is 35.0. The Morgan fingerprint density at radius 3 is 2.10 bits per heavy atom. The molecule has 0 unspecified atom stereocenters. The summed E-state index contributed by atoms with van der Waals surface area (Å²) in [5.74, 6) is 0.286. The molecule has 1 radical (unpaired) electrons. The number of fused-ring (bicyclic) bond motifs is 5. The minimum atomic E-state index is -0.337. The Kier molecular flexibility index (Phi) is 12.0. The van der Waals surface area contributed by atoms with Crippen LogP contribution in [0, 0.1) is 23.8 Å². The number of carbonyl (C=O) groups excluding carboxylic acids is 1. The first-order valence-electron chi connectivity index (χ1n) is 17.3. The standard InChI is InChI=1S/C28H22NS2.C15H28O2.Ir/c1-16-15-30-24-14-22-20-9-10-29-26(27(20)31-25(22)13-21(16)24)18-11-17-7-5-6-8-19(17)23(12-18)28(2,3)4;1-7-14(5,8-2)12(16)11-13(17)15(6,9-3)10-4;/h5-10,12-15H,1-4H3;11,16H,7-10H2,1-6H3;/q-1;;/b;12-11-;. The van der Waals surface area contributed by atoms with Crippen molar-refractivity contribution in [3.8, 4) is 11.3 Å². The largest absolute Gasteiger partial charge is 0.512 e. The van der Waals surface area contributed by atoms with E-state index in [4.69, 9.17) is 4.98 Å². The molecule has 0 aliphatic carbocycles. The molecule has 3 heterocycles. The van der Waals surface area contributed by atoms with Crippen LogP contribution in [0.15, 0.2) is 71.9 Å². The predicted octanol–water partition coefficient (Wildman–Crippen LogP) is 13.5. The maximum atomic E-state index is 12.2. The van der Waals surface area contributed by atoms with Crippen LogP contribution in [-0.2, 0) is 30.3 Å². The molecular formula is C43H50IrNO2S2-. The number of thiophene rings is 2. The van der Waals surface area contributed by atoms with E-state index in [0.29, 0.717) is 0 Å². The molecule has 0 amide bonds. The monoisotopic (exact) mass is 869 g/mol. The Morgan fingerprint density at radius 2 is 1.47 bits per heavy atom. The summed E-state index contributed by atoms with van der Waals surface area (Å²) in [6, 6.07) is 21.4. The summed E-state index contributed by atoms with van der Waals surface area (Å²) in [7, 11) is 0. The first-order chi connectivity index (χ1) is 22.7. The number of ketones is 1. The van der Waals surface area contributed by atoms with Gasteiger partial charge in [-0.3, -0.25) is 9.78 Å². The second kappa shape index (κ2) is 15.2. The van der Waals surface area contributed by atoms with Gasteiger partial charge >= 0.3 is 0 Å². The zero-order valence-corrected chi connectivity index (χ0v) is 34.7. The van der Waals surface area contributed by atoms with Crippen molar-refractivity contribution in [2.24, 2.45) is 10.8 Å². The third-order valence-corrected chi connectivity index (χ3v) is 13.0. The first kappa shape index (κ1) is 38.9. The van der Waals surface area contributed by atoms with Crippen LogP contribution in [0.2, 0.25) is 0 Å². The van der Waals surface area contributed by atoms with Gasteiger partial charge in [-0.05, 0) is 77.9 Å². The fraction of sp³-hybridized carbons (Fsp3) is 0.395. The number of aryl methyl sites for hydroxylation is 1.